The van der Waals surface area contributed by atoms with Crippen LogP contribution in [0.2, 0.25) is 0 Å². The second-order valence-electron chi connectivity index (χ2n) is 3.11. The lowest BCUT2D eigenvalue weighted by Crippen LogP contribution is -2.21. The van der Waals surface area contributed by atoms with Crippen molar-refractivity contribution in [3.8, 4) is 0 Å². The van der Waals surface area contributed by atoms with E-state index in [4.69, 9.17) is 0 Å². The van der Waals surface area contributed by atoms with Gasteiger partial charge in [0, 0.05) is 11.9 Å². The highest BCUT2D eigenvalue weighted by Gasteiger charge is 2.23. The molecule has 0 aromatic heterocycles. The standard InChI is InChI=1S/C11H13NS/c1-3-6-11-12(2)9-7-4-5-8-10(9)13-11/h3-8,11H,1-2H3. The third kappa shape index (κ3) is 1.46. The van der Waals surface area contributed by atoms with Crippen molar-refractivity contribution in [1.82, 2.24) is 0 Å². The maximum Gasteiger partial charge on any atom is 0.0979 e. The summed E-state index contributed by atoms with van der Waals surface area (Å²) in [7, 11) is 2.14. The predicted octanol–water partition coefficient (Wildman–Crippen LogP) is 3.13. The van der Waals surface area contributed by atoms with Crippen molar-refractivity contribution >= 4 is 17.4 Å². The molecule has 0 bridgehead atoms. The zero-order valence-corrected chi connectivity index (χ0v) is 8.71. The summed E-state index contributed by atoms with van der Waals surface area (Å²) in [5.74, 6) is 0. The first-order valence-corrected chi connectivity index (χ1v) is 5.32. The lowest BCUT2D eigenvalue weighted by atomic mass is 10.3. The van der Waals surface area contributed by atoms with Crippen molar-refractivity contribution < 1.29 is 0 Å². The summed E-state index contributed by atoms with van der Waals surface area (Å²) < 4.78 is 0. The van der Waals surface area contributed by atoms with Crippen molar-refractivity contribution in [3.05, 3.63) is 36.4 Å². The summed E-state index contributed by atoms with van der Waals surface area (Å²) in [5.41, 5.74) is 1.34. The molecule has 0 saturated heterocycles. The van der Waals surface area contributed by atoms with E-state index in [1.54, 1.807) is 0 Å². The van der Waals surface area contributed by atoms with Crippen LogP contribution in [0.15, 0.2) is 41.3 Å². The molecule has 68 valence electrons. The van der Waals surface area contributed by atoms with Gasteiger partial charge in [0.2, 0.25) is 0 Å². The van der Waals surface area contributed by atoms with Gasteiger partial charge in [0.05, 0.1) is 11.1 Å². The number of allylic oxidation sites excluding steroid dienone is 1. The number of rotatable bonds is 1. The fraction of sp³-hybridized carbons (Fsp3) is 0.273. The topological polar surface area (TPSA) is 3.24 Å². The van der Waals surface area contributed by atoms with E-state index in [0.29, 0.717) is 5.37 Å². The molecule has 13 heavy (non-hydrogen) atoms. The Morgan fingerprint density at radius 2 is 2.15 bits per heavy atom. The van der Waals surface area contributed by atoms with Gasteiger partial charge in [-0.2, -0.15) is 0 Å². The van der Waals surface area contributed by atoms with Crippen molar-refractivity contribution in [3.63, 3.8) is 0 Å². The molecule has 2 rings (SSSR count). The molecule has 1 aromatic rings. The molecule has 0 N–H and O–H groups in total. The molecule has 1 unspecified atom stereocenters. The molecule has 0 aliphatic carbocycles. The first-order valence-electron chi connectivity index (χ1n) is 4.44. The SMILES string of the molecule is CC=CC1Sc2ccccc2N1C. The van der Waals surface area contributed by atoms with Crippen LogP contribution in [0.5, 0.6) is 0 Å². The smallest absolute Gasteiger partial charge is 0.0979 e. The normalized spacial score (nSPS) is 21.1. The predicted molar refractivity (Wildman–Crippen MR) is 59.3 cm³/mol. The number of nitrogens with zero attached hydrogens (tertiary/aromatic N) is 1. The number of anilines is 1. The summed E-state index contributed by atoms with van der Waals surface area (Å²) >= 11 is 1.91. The van der Waals surface area contributed by atoms with Crippen LogP contribution in [0.3, 0.4) is 0 Å². The van der Waals surface area contributed by atoms with Crippen LogP contribution in [-0.2, 0) is 0 Å². The van der Waals surface area contributed by atoms with Gasteiger partial charge >= 0.3 is 0 Å². The second-order valence-corrected chi connectivity index (χ2v) is 4.27. The molecule has 0 fully saturated rings. The van der Waals surface area contributed by atoms with Gasteiger partial charge in [-0.15, -0.1) is 0 Å². The van der Waals surface area contributed by atoms with E-state index in [0.717, 1.165) is 0 Å². The van der Waals surface area contributed by atoms with E-state index >= 15 is 0 Å². The summed E-state index contributed by atoms with van der Waals surface area (Å²) in [6.45, 7) is 2.07. The van der Waals surface area contributed by atoms with Gasteiger partial charge in [0.1, 0.15) is 0 Å². The Morgan fingerprint density at radius 3 is 2.85 bits per heavy atom. The summed E-state index contributed by atoms with van der Waals surface area (Å²) in [6.07, 6.45) is 4.34. The Hall–Kier alpha value is -0.890. The first kappa shape index (κ1) is 8.70. The Balaban J connectivity index is 2.32. The van der Waals surface area contributed by atoms with Crippen molar-refractivity contribution in [1.29, 1.82) is 0 Å². The highest BCUT2D eigenvalue weighted by molar-refractivity contribution is 8.00. The number of thioether (sulfide) groups is 1. The fourth-order valence-electron chi connectivity index (χ4n) is 1.53. The number of hydrogen-bond acceptors (Lipinski definition) is 2. The van der Waals surface area contributed by atoms with Gasteiger partial charge in [-0.25, -0.2) is 0 Å². The molecule has 0 saturated carbocycles. The average molecular weight is 191 g/mol. The largest absolute Gasteiger partial charge is 0.358 e. The van der Waals surface area contributed by atoms with Crippen molar-refractivity contribution in [2.45, 2.75) is 17.2 Å². The molecular formula is C11H13NS. The Labute approximate surface area is 83.4 Å². The molecule has 0 amide bonds. The number of hydrogen-bond donors (Lipinski definition) is 0. The average Bonchev–Trinajstić information content (AvgIpc) is 2.46. The minimum absolute atomic E-state index is 0.474. The lowest BCUT2D eigenvalue weighted by Gasteiger charge is -2.17. The van der Waals surface area contributed by atoms with Crippen LogP contribution < -0.4 is 4.90 Å². The number of para-hydroxylation sites is 1. The van der Waals surface area contributed by atoms with Crippen LogP contribution in [-0.4, -0.2) is 12.4 Å². The lowest BCUT2D eigenvalue weighted by molar-refractivity contribution is 0.989. The van der Waals surface area contributed by atoms with E-state index in [-0.39, 0.29) is 0 Å². The minimum Gasteiger partial charge on any atom is -0.358 e. The van der Waals surface area contributed by atoms with Gasteiger partial charge in [-0.1, -0.05) is 36.0 Å². The molecule has 1 aliphatic rings. The molecular weight excluding hydrogens is 178 g/mol. The second kappa shape index (κ2) is 3.46. The maximum atomic E-state index is 2.31. The van der Waals surface area contributed by atoms with Gasteiger partial charge in [-0.05, 0) is 19.1 Å². The molecule has 0 spiro atoms. The zero-order chi connectivity index (χ0) is 9.26. The van der Waals surface area contributed by atoms with Gasteiger partial charge in [0.25, 0.3) is 0 Å². The molecule has 0 radical (unpaired) electrons. The van der Waals surface area contributed by atoms with Crippen LogP contribution in [0, 0.1) is 0 Å². The number of fused-ring (bicyclic) bond motifs is 1. The summed E-state index contributed by atoms with van der Waals surface area (Å²) in [5, 5.41) is 0.474. The van der Waals surface area contributed by atoms with Crippen molar-refractivity contribution in [2.24, 2.45) is 0 Å². The Bertz CT molecular complexity index is 333. The third-order valence-corrected chi connectivity index (χ3v) is 3.55. The van der Waals surface area contributed by atoms with Crippen LogP contribution in [0.1, 0.15) is 6.92 Å². The summed E-state index contributed by atoms with van der Waals surface area (Å²) in [6, 6.07) is 8.54. The highest BCUT2D eigenvalue weighted by atomic mass is 32.2. The first-order chi connectivity index (χ1) is 6.33. The maximum absolute atomic E-state index is 2.31. The quantitative estimate of drug-likeness (QED) is 0.627. The zero-order valence-electron chi connectivity index (χ0n) is 7.90. The van der Waals surface area contributed by atoms with Gasteiger partial charge < -0.3 is 4.90 Å². The molecule has 1 nitrogen and oxygen atoms in total. The summed E-state index contributed by atoms with van der Waals surface area (Å²) in [4.78, 5) is 3.69. The number of benzene rings is 1. The molecule has 1 aliphatic heterocycles. The fourth-order valence-corrected chi connectivity index (χ4v) is 2.78. The highest BCUT2D eigenvalue weighted by Crippen LogP contribution is 2.42. The molecule has 2 heteroatoms. The van der Waals surface area contributed by atoms with Gasteiger partial charge in [-0.3, -0.25) is 0 Å². The molecule has 1 aromatic carbocycles. The third-order valence-electron chi connectivity index (χ3n) is 2.23. The van der Waals surface area contributed by atoms with Gasteiger partial charge in [0.15, 0.2) is 0 Å². The minimum atomic E-state index is 0.474. The molecule has 1 atom stereocenters. The van der Waals surface area contributed by atoms with E-state index < -0.39 is 0 Å². The van der Waals surface area contributed by atoms with Crippen LogP contribution in [0.4, 0.5) is 5.69 Å². The monoisotopic (exact) mass is 191 g/mol. The Kier molecular flexibility index (Phi) is 2.32. The van der Waals surface area contributed by atoms with E-state index in [1.807, 2.05) is 11.8 Å². The van der Waals surface area contributed by atoms with Crippen LogP contribution in [0.25, 0.3) is 0 Å². The van der Waals surface area contributed by atoms with E-state index in [2.05, 4.69) is 55.3 Å². The molecule has 1 heterocycles. The van der Waals surface area contributed by atoms with E-state index in [1.165, 1.54) is 10.6 Å². The Morgan fingerprint density at radius 1 is 1.38 bits per heavy atom. The number of likely N-dealkylation sites (N-methyl/N-ethyl adjacent to an activating group) is 1. The van der Waals surface area contributed by atoms with E-state index in [9.17, 15) is 0 Å². The van der Waals surface area contributed by atoms with Crippen molar-refractivity contribution in [2.75, 3.05) is 11.9 Å². The van der Waals surface area contributed by atoms with Crippen LogP contribution >= 0.6 is 11.8 Å².